The van der Waals surface area contributed by atoms with Crippen LogP contribution in [0, 0.1) is 5.82 Å². The van der Waals surface area contributed by atoms with Gasteiger partial charge in [0.15, 0.2) is 0 Å². The number of amides is 1. The summed E-state index contributed by atoms with van der Waals surface area (Å²) in [6.45, 7) is 1.20. The minimum absolute atomic E-state index is 0.162. The fourth-order valence-electron chi connectivity index (χ4n) is 3.42. The van der Waals surface area contributed by atoms with E-state index in [1.54, 1.807) is 11.6 Å². The molecule has 1 amide bonds. The monoisotopic (exact) mass is 454 g/mol. The van der Waals surface area contributed by atoms with E-state index < -0.39 is 21.7 Å². The van der Waals surface area contributed by atoms with Crippen molar-refractivity contribution in [1.29, 1.82) is 0 Å². The summed E-state index contributed by atoms with van der Waals surface area (Å²) >= 11 is 1.38. The number of carbonyl (C=O) groups is 1. The Kier molecular flexibility index (Phi) is 5.60. The highest BCUT2D eigenvalue weighted by Gasteiger charge is 2.34. The van der Waals surface area contributed by atoms with Gasteiger partial charge in [-0.3, -0.25) is 4.79 Å². The molecule has 1 aromatic heterocycles. The van der Waals surface area contributed by atoms with E-state index in [1.165, 1.54) is 18.7 Å². The number of hydrogen-bond acceptors (Lipinski definition) is 4. The van der Waals surface area contributed by atoms with Crippen molar-refractivity contribution in [1.82, 2.24) is 4.57 Å². The molecule has 4 rings (SSSR count). The lowest BCUT2D eigenvalue weighted by atomic mass is 10.2. The predicted molar refractivity (Wildman–Crippen MR) is 120 cm³/mol. The number of sulfonamides is 1. The summed E-state index contributed by atoms with van der Waals surface area (Å²) in [5, 5.41) is 0.828. The summed E-state index contributed by atoms with van der Waals surface area (Å²) < 4.78 is 42.8. The van der Waals surface area contributed by atoms with E-state index in [1.807, 2.05) is 54.6 Å². The van der Waals surface area contributed by atoms with Crippen molar-refractivity contribution in [3.05, 3.63) is 84.7 Å². The average Bonchev–Trinajstić information content (AvgIpc) is 3.01. The predicted octanol–water partition coefficient (Wildman–Crippen LogP) is 5.21. The SMILES string of the molecule is CC(=O)N(c1c(Sc2ccccc2)c2ccccc2n1C)S(=O)(=O)c1ccc(F)cc1. The van der Waals surface area contributed by atoms with Crippen LogP contribution in [0.1, 0.15) is 6.92 Å². The highest BCUT2D eigenvalue weighted by molar-refractivity contribution is 8.00. The van der Waals surface area contributed by atoms with Crippen LogP contribution < -0.4 is 4.31 Å². The Bertz CT molecular complexity index is 1370. The summed E-state index contributed by atoms with van der Waals surface area (Å²) in [6, 6.07) is 21.5. The van der Waals surface area contributed by atoms with Gasteiger partial charge in [-0.05, 0) is 42.5 Å². The molecule has 0 aliphatic carbocycles. The second-order valence-corrected chi connectivity index (χ2v) is 9.76. The second kappa shape index (κ2) is 8.20. The zero-order valence-electron chi connectivity index (χ0n) is 16.8. The molecular formula is C23H19FN2O3S2. The van der Waals surface area contributed by atoms with Crippen LogP contribution in [0.4, 0.5) is 10.2 Å². The van der Waals surface area contributed by atoms with E-state index in [4.69, 9.17) is 0 Å². The van der Waals surface area contributed by atoms with Gasteiger partial charge >= 0.3 is 0 Å². The van der Waals surface area contributed by atoms with Crippen molar-refractivity contribution in [2.45, 2.75) is 21.6 Å². The van der Waals surface area contributed by atoms with Crippen LogP contribution in [-0.4, -0.2) is 18.9 Å². The molecule has 0 N–H and O–H groups in total. The molecule has 0 aliphatic rings. The zero-order chi connectivity index (χ0) is 22.2. The Balaban J connectivity index is 1.98. The number of aromatic nitrogens is 1. The van der Waals surface area contributed by atoms with E-state index in [9.17, 15) is 17.6 Å². The van der Waals surface area contributed by atoms with Crippen LogP contribution in [0.15, 0.2) is 93.5 Å². The number of fused-ring (bicyclic) bond motifs is 1. The maximum Gasteiger partial charge on any atom is 0.272 e. The van der Waals surface area contributed by atoms with Gasteiger partial charge in [-0.1, -0.05) is 48.2 Å². The molecule has 0 aliphatic heterocycles. The molecule has 5 nitrogen and oxygen atoms in total. The topological polar surface area (TPSA) is 59.4 Å². The lowest BCUT2D eigenvalue weighted by molar-refractivity contribution is -0.115. The number of rotatable bonds is 5. The Morgan fingerprint density at radius 3 is 2.19 bits per heavy atom. The average molecular weight is 455 g/mol. The molecule has 158 valence electrons. The van der Waals surface area contributed by atoms with Gasteiger partial charge < -0.3 is 4.57 Å². The van der Waals surface area contributed by atoms with Gasteiger partial charge in [0.05, 0.1) is 15.3 Å². The van der Waals surface area contributed by atoms with Crippen LogP contribution in [0.3, 0.4) is 0 Å². The van der Waals surface area contributed by atoms with Crippen molar-refractivity contribution in [3.63, 3.8) is 0 Å². The molecule has 4 aromatic rings. The number of benzene rings is 3. The molecular weight excluding hydrogens is 435 g/mol. The first-order chi connectivity index (χ1) is 14.8. The van der Waals surface area contributed by atoms with Crippen molar-refractivity contribution >= 4 is 44.4 Å². The Morgan fingerprint density at radius 1 is 0.935 bits per heavy atom. The Labute approximate surface area is 184 Å². The normalized spacial score (nSPS) is 11.6. The molecule has 0 saturated heterocycles. The molecule has 0 spiro atoms. The maximum absolute atomic E-state index is 13.5. The number of carbonyl (C=O) groups excluding carboxylic acids is 1. The van der Waals surface area contributed by atoms with Crippen LogP contribution in [0.25, 0.3) is 10.9 Å². The standard InChI is InChI=1S/C23H19FN2O3S2/c1-16(27)26(31(28,29)19-14-12-17(24)13-15-19)23-22(30-18-8-4-3-5-9-18)20-10-6-7-11-21(20)25(23)2/h3-15H,1-2H3. The first kappa shape index (κ1) is 21.1. The Morgan fingerprint density at radius 2 is 1.55 bits per heavy atom. The Hall–Kier alpha value is -3.10. The van der Waals surface area contributed by atoms with E-state index in [0.717, 1.165) is 44.4 Å². The van der Waals surface area contributed by atoms with E-state index in [0.29, 0.717) is 4.90 Å². The third kappa shape index (κ3) is 3.84. The molecule has 8 heteroatoms. The molecule has 0 radical (unpaired) electrons. The summed E-state index contributed by atoms with van der Waals surface area (Å²) in [5.74, 6) is -0.977. The van der Waals surface area contributed by atoms with Gasteiger partial charge in [-0.15, -0.1) is 0 Å². The van der Waals surface area contributed by atoms with Gasteiger partial charge in [0.2, 0.25) is 5.91 Å². The summed E-state index contributed by atoms with van der Waals surface area (Å²) in [7, 11) is -2.55. The van der Waals surface area contributed by atoms with Gasteiger partial charge in [0.25, 0.3) is 10.0 Å². The van der Waals surface area contributed by atoms with Crippen LogP contribution in [0.5, 0.6) is 0 Å². The highest BCUT2D eigenvalue weighted by atomic mass is 32.2. The largest absolute Gasteiger partial charge is 0.328 e. The van der Waals surface area contributed by atoms with Gasteiger partial charge in [0, 0.05) is 24.3 Å². The van der Waals surface area contributed by atoms with Crippen LogP contribution in [-0.2, 0) is 21.9 Å². The quantitative estimate of drug-likeness (QED) is 0.415. The first-order valence-electron chi connectivity index (χ1n) is 9.42. The molecule has 0 fully saturated rings. The maximum atomic E-state index is 13.5. The summed E-state index contributed by atoms with van der Waals surface area (Å²) in [4.78, 5) is 14.1. The minimum atomic E-state index is -4.27. The van der Waals surface area contributed by atoms with Crippen LogP contribution >= 0.6 is 11.8 Å². The van der Waals surface area contributed by atoms with Crippen LogP contribution in [0.2, 0.25) is 0 Å². The molecule has 0 atom stereocenters. The molecule has 0 saturated carbocycles. The first-order valence-corrected chi connectivity index (χ1v) is 11.7. The van der Waals surface area contributed by atoms with Crippen molar-refractivity contribution in [2.75, 3.05) is 4.31 Å². The zero-order valence-corrected chi connectivity index (χ0v) is 18.5. The number of nitrogens with zero attached hydrogens (tertiary/aromatic N) is 2. The lowest BCUT2D eigenvalue weighted by Gasteiger charge is -2.23. The van der Waals surface area contributed by atoms with Crippen molar-refractivity contribution in [3.8, 4) is 0 Å². The molecule has 1 heterocycles. The smallest absolute Gasteiger partial charge is 0.272 e. The molecule has 0 unspecified atom stereocenters. The van der Waals surface area contributed by atoms with Gasteiger partial charge in [0.1, 0.15) is 11.6 Å². The molecule has 0 bridgehead atoms. The summed E-state index contributed by atoms with van der Waals surface area (Å²) in [6.07, 6.45) is 0. The fourth-order valence-corrected chi connectivity index (χ4v) is 6.08. The summed E-state index contributed by atoms with van der Waals surface area (Å²) in [5.41, 5.74) is 0.788. The molecule has 3 aromatic carbocycles. The van der Waals surface area contributed by atoms with E-state index in [-0.39, 0.29) is 10.7 Å². The third-order valence-electron chi connectivity index (χ3n) is 4.82. The number of anilines is 1. The van der Waals surface area contributed by atoms with Crippen molar-refractivity contribution in [2.24, 2.45) is 7.05 Å². The number of para-hydroxylation sites is 1. The third-order valence-corrected chi connectivity index (χ3v) is 7.72. The highest BCUT2D eigenvalue weighted by Crippen LogP contribution is 2.44. The number of aryl methyl sites for hydroxylation is 1. The number of halogens is 1. The second-order valence-electron chi connectivity index (χ2n) is 6.89. The van der Waals surface area contributed by atoms with E-state index >= 15 is 0 Å². The lowest BCUT2D eigenvalue weighted by Crippen LogP contribution is -2.36. The van der Waals surface area contributed by atoms with Gasteiger partial charge in [-0.2, -0.15) is 4.31 Å². The minimum Gasteiger partial charge on any atom is -0.328 e. The van der Waals surface area contributed by atoms with Crippen molar-refractivity contribution < 1.29 is 17.6 Å². The fraction of sp³-hybridized carbons (Fsp3) is 0.0870. The molecule has 31 heavy (non-hydrogen) atoms. The van der Waals surface area contributed by atoms with E-state index in [2.05, 4.69) is 0 Å². The van der Waals surface area contributed by atoms with Gasteiger partial charge in [-0.25, -0.2) is 12.8 Å². The number of hydrogen-bond donors (Lipinski definition) is 0.